The average molecular weight is 264 g/mol. The maximum Gasteiger partial charge on any atom is 0.233 e. The Bertz CT molecular complexity index is 488. The second kappa shape index (κ2) is 5.43. The maximum absolute atomic E-state index is 13.0. The lowest BCUT2D eigenvalue weighted by atomic mass is 10.1. The van der Waals surface area contributed by atoms with E-state index in [2.05, 4.69) is 11.3 Å². The zero-order chi connectivity index (χ0) is 12.2. The number of benzene rings is 1. The highest BCUT2D eigenvalue weighted by atomic mass is 35.5. The third-order valence-electron chi connectivity index (χ3n) is 1.92. The Hall–Kier alpha value is -0.910. The van der Waals surface area contributed by atoms with E-state index in [1.54, 1.807) is 6.07 Å². The number of nitrogens with one attached hydrogen (secondary N) is 1. The van der Waals surface area contributed by atoms with E-state index >= 15 is 0 Å². The number of hydrogen-bond acceptors (Lipinski definition) is 2. The van der Waals surface area contributed by atoms with Crippen molar-refractivity contribution in [3.05, 3.63) is 46.6 Å². The zero-order valence-electron chi connectivity index (χ0n) is 8.41. The van der Waals surface area contributed by atoms with Crippen LogP contribution in [-0.4, -0.2) is 15.0 Å². The Labute approximate surface area is 99.0 Å². The van der Waals surface area contributed by atoms with Gasteiger partial charge in [0.15, 0.2) is 0 Å². The van der Waals surface area contributed by atoms with Crippen LogP contribution in [0.15, 0.2) is 30.2 Å². The molecule has 0 unspecified atom stereocenters. The lowest BCUT2D eigenvalue weighted by Gasteiger charge is -2.03. The second-order valence-electron chi connectivity index (χ2n) is 3.10. The molecule has 0 aliphatic rings. The van der Waals surface area contributed by atoms with Crippen LogP contribution in [0.2, 0.25) is 5.02 Å². The predicted octanol–water partition coefficient (Wildman–Crippen LogP) is 2.08. The molecule has 1 aromatic carbocycles. The molecule has 16 heavy (non-hydrogen) atoms. The minimum Gasteiger partial charge on any atom is -0.211 e. The molecular weight excluding hydrogens is 253 g/mol. The van der Waals surface area contributed by atoms with Crippen molar-refractivity contribution in [1.82, 2.24) is 4.72 Å². The fourth-order valence-corrected chi connectivity index (χ4v) is 1.71. The molecule has 0 fully saturated rings. The molecule has 1 aromatic rings. The van der Waals surface area contributed by atoms with E-state index in [1.807, 2.05) is 0 Å². The molecule has 0 aliphatic heterocycles. The van der Waals surface area contributed by atoms with Crippen LogP contribution in [0.3, 0.4) is 0 Å². The number of sulfonamides is 1. The van der Waals surface area contributed by atoms with Crippen molar-refractivity contribution in [2.75, 3.05) is 6.54 Å². The Morgan fingerprint density at radius 3 is 2.75 bits per heavy atom. The number of rotatable bonds is 5. The van der Waals surface area contributed by atoms with Crippen LogP contribution in [0, 0.1) is 5.82 Å². The van der Waals surface area contributed by atoms with Gasteiger partial charge in [-0.3, -0.25) is 0 Å². The first-order chi connectivity index (χ1) is 7.44. The first-order valence-corrected chi connectivity index (χ1v) is 6.43. The lowest BCUT2D eigenvalue weighted by molar-refractivity contribution is 0.590. The summed E-state index contributed by atoms with van der Waals surface area (Å²) < 4.78 is 37.3. The fraction of sp³-hybridized carbons (Fsp3) is 0.200. The molecule has 0 aliphatic carbocycles. The van der Waals surface area contributed by atoms with Crippen LogP contribution in [0.5, 0.6) is 0 Å². The maximum atomic E-state index is 13.0. The highest BCUT2D eigenvalue weighted by Gasteiger charge is 2.04. The van der Waals surface area contributed by atoms with Gasteiger partial charge >= 0.3 is 0 Å². The lowest BCUT2D eigenvalue weighted by Crippen LogP contribution is -2.23. The zero-order valence-corrected chi connectivity index (χ0v) is 9.98. The molecule has 0 radical (unpaired) electrons. The summed E-state index contributed by atoms with van der Waals surface area (Å²) in [5, 5.41) is 0.880. The second-order valence-corrected chi connectivity index (χ2v) is 5.22. The van der Waals surface area contributed by atoms with Crippen LogP contribution >= 0.6 is 11.6 Å². The Kier molecular flexibility index (Phi) is 4.46. The minimum atomic E-state index is -3.41. The summed E-state index contributed by atoms with van der Waals surface area (Å²) in [6.45, 7) is 3.35. The summed E-state index contributed by atoms with van der Waals surface area (Å²) in [5.41, 5.74) is 0.675. The van der Waals surface area contributed by atoms with Gasteiger partial charge in [0.25, 0.3) is 0 Å². The van der Waals surface area contributed by atoms with Gasteiger partial charge in [0.05, 0.1) is 5.02 Å². The minimum absolute atomic E-state index is 0.0513. The van der Waals surface area contributed by atoms with Crippen molar-refractivity contribution in [3.8, 4) is 0 Å². The third-order valence-corrected chi connectivity index (χ3v) is 3.27. The van der Waals surface area contributed by atoms with E-state index in [9.17, 15) is 12.8 Å². The van der Waals surface area contributed by atoms with Crippen molar-refractivity contribution in [3.63, 3.8) is 0 Å². The van der Waals surface area contributed by atoms with Gasteiger partial charge in [-0.25, -0.2) is 17.5 Å². The fourth-order valence-electron chi connectivity index (χ4n) is 1.09. The molecule has 1 rings (SSSR count). The van der Waals surface area contributed by atoms with Gasteiger partial charge in [-0.05, 0) is 24.1 Å². The van der Waals surface area contributed by atoms with Crippen LogP contribution in [0.1, 0.15) is 5.56 Å². The molecule has 1 N–H and O–H groups in total. The summed E-state index contributed by atoms with van der Waals surface area (Å²) in [6, 6.07) is 4.37. The smallest absolute Gasteiger partial charge is 0.211 e. The standard InChI is InChI=1S/C10H11ClFNO2S/c1-2-16(14,15)13-6-5-8-3-4-9(11)10(12)7-8/h2-4,7,13H,1,5-6H2. The molecule has 0 saturated heterocycles. The van der Waals surface area contributed by atoms with E-state index in [0.29, 0.717) is 12.0 Å². The molecule has 0 atom stereocenters. The normalized spacial score (nSPS) is 11.4. The van der Waals surface area contributed by atoms with Gasteiger partial charge < -0.3 is 0 Å². The van der Waals surface area contributed by atoms with Crippen LogP contribution < -0.4 is 4.72 Å². The molecular formula is C10H11ClFNO2S. The highest BCUT2D eigenvalue weighted by molar-refractivity contribution is 7.92. The summed E-state index contributed by atoms with van der Waals surface area (Å²) >= 11 is 5.51. The van der Waals surface area contributed by atoms with E-state index in [1.165, 1.54) is 12.1 Å². The number of halogens is 2. The SMILES string of the molecule is C=CS(=O)(=O)NCCc1ccc(Cl)c(F)c1. The van der Waals surface area contributed by atoms with Gasteiger partial charge in [-0.2, -0.15) is 0 Å². The molecule has 0 spiro atoms. The quantitative estimate of drug-likeness (QED) is 0.884. The Morgan fingerprint density at radius 2 is 2.19 bits per heavy atom. The van der Waals surface area contributed by atoms with Crippen LogP contribution in [0.4, 0.5) is 4.39 Å². The number of hydrogen-bond donors (Lipinski definition) is 1. The third kappa shape index (κ3) is 3.92. The van der Waals surface area contributed by atoms with E-state index in [-0.39, 0.29) is 11.6 Å². The van der Waals surface area contributed by atoms with Gasteiger partial charge in [-0.1, -0.05) is 24.2 Å². The van der Waals surface area contributed by atoms with Crippen LogP contribution in [-0.2, 0) is 16.4 Å². The summed E-state index contributed by atoms with van der Waals surface area (Å²) in [4.78, 5) is 0. The van der Waals surface area contributed by atoms with Gasteiger partial charge in [0.2, 0.25) is 10.0 Å². The van der Waals surface area contributed by atoms with Crippen LogP contribution in [0.25, 0.3) is 0 Å². The van der Waals surface area contributed by atoms with Crippen molar-refractivity contribution >= 4 is 21.6 Å². The van der Waals surface area contributed by atoms with E-state index in [0.717, 1.165) is 5.41 Å². The van der Waals surface area contributed by atoms with Gasteiger partial charge in [-0.15, -0.1) is 0 Å². The van der Waals surface area contributed by atoms with E-state index in [4.69, 9.17) is 11.6 Å². The molecule has 0 bridgehead atoms. The van der Waals surface area contributed by atoms with Crippen molar-refractivity contribution in [2.45, 2.75) is 6.42 Å². The Morgan fingerprint density at radius 1 is 1.50 bits per heavy atom. The topological polar surface area (TPSA) is 46.2 Å². The first-order valence-electron chi connectivity index (χ1n) is 4.50. The van der Waals surface area contributed by atoms with E-state index < -0.39 is 15.8 Å². The predicted molar refractivity (Wildman–Crippen MR) is 62.2 cm³/mol. The summed E-state index contributed by atoms with van der Waals surface area (Å²) in [5.74, 6) is -0.509. The molecule has 88 valence electrons. The van der Waals surface area contributed by atoms with Crippen molar-refractivity contribution in [1.29, 1.82) is 0 Å². The average Bonchev–Trinajstić information content (AvgIpc) is 2.23. The van der Waals surface area contributed by atoms with Crippen molar-refractivity contribution in [2.24, 2.45) is 0 Å². The first kappa shape index (κ1) is 13.2. The molecule has 6 heteroatoms. The molecule has 3 nitrogen and oxygen atoms in total. The highest BCUT2D eigenvalue weighted by Crippen LogP contribution is 2.15. The largest absolute Gasteiger partial charge is 0.233 e. The molecule has 0 aromatic heterocycles. The summed E-state index contributed by atoms with van der Waals surface area (Å²) in [7, 11) is -3.41. The Balaban J connectivity index is 2.56. The van der Waals surface area contributed by atoms with Gasteiger partial charge in [0, 0.05) is 12.0 Å². The molecule has 0 amide bonds. The monoisotopic (exact) mass is 263 g/mol. The molecule has 0 saturated carbocycles. The molecule has 0 heterocycles. The van der Waals surface area contributed by atoms with Gasteiger partial charge in [0.1, 0.15) is 5.82 Å². The summed E-state index contributed by atoms with van der Waals surface area (Å²) in [6.07, 6.45) is 0.390. The van der Waals surface area contributed by atoms with Crippen molar-refractivity contribution < 1.29 is 12.8 Å².